The van der Waals surface area contributed by atoms with Crippen molar-refractivity contribution in [3.05, 3.63) is 23.2 Å². The Kier molecular flexibility index (Phi) is 2.69. The quantitative estimate of drug-likeness (QED) is 0.679. The summed E-state index contributed by atoms with van der Waals surface area (Å²) < 4.78 is 10.0. The lowest BCUT2D eigenvalue weighted by molar-refractivity contribution is 0.0562. The number of rotatable bonds is 1. The molecule has 0 amide bonds. The van der Waals surface area contributed by atoms with Crippen molar-refractivity contribution in [3.63, 3.8) is 0 Å². The minimum atomic E-state index is -0.463. The summed E-state index contributed by atoms with van der Waals surface area (Å²) in [6.45, 7) is 2.04. The minimum absolute atomic E-state index is 0.0147. The fourth-order valence-electron chi connectivity index (χ4n) is 2.18. The van der Waals surface area contributed by atoms with Crippen LogP contribution in [0.25, 0.3) is 0 Å². The first-order valence-electron chi connectivity index (χ1n) is 5.26. The highest BCUT2D eigenvalue weighted by Crippen LogP contribution is 2.36. The number of nitrogens with zero attached hydrogens (tertiary/aromatic N) is 1. The summed E-state index contributed by atoms with van der Waals surface area (Å²) in [5, 5.41) is 8.91. The number of ether oxygens (including phenoxy) is 1. The van der Waals surface area contributed by atoms with E-state index in [-0.39, 0.29) is 17.6 Å². The Morgan fingerprint density at radius 3 is 3.06 bits per heavy atom. The van der Waals surface area contributed by atoms with E-state index >= 15 is 0 Å². The van der Waals surface area contributed by atoms with Gasteiger partial charge in [0.2, 0.25) is 5.76 Å². The number of furan rings is 1. The van der Waals surface area contributed by atoms with Crippen LogP contribution in [0.5, 0.6) is 0 Å². The van der Waals surface area contributed by atoms with Crippen molar-refractivity contribution in [1.82, 2.24) is 0 Å². The molecule has 2 atom stereocenters. The first kappa shape index (κ1) is 10.7. The van der Waals surface area contributed by atoms with Gasteiger partial charge in [0, 0.05) is 6.42 Å². The first-order chi connectivity index (χ1) is 7.65. The maximum absolute atomic E-state index is 11.3. The molecule has 84 valence electrons. The standard InChI is InChI=1S/C12H13NO3/c1-7-3-8(6-13)4-10-9(7)5-11(16-10)12(14)15-2/h5,7-8H,3-4H2,1-2H3. The molecule has 0 saturated heterocycles. The third-order valence-corrected chi connectivity index (χ3v) is 3.01. The van der Waals surface area contributed by atoms with Crippen molar-refractivity contribution in [3.8, 4) is 6.07 Å². The van der Waals surface area contributed by atoms with Crippen LogP contribution in [0.15, 0.2) is 10.5 Å². The highest BCUT2D eigenvalue weighted by atomic mass is 16.5. The Labute approximate surface area is 93.8 Å². The molecular weight excluding hydrogens is 206 g/mol. The Morgan fingerprint density at radius 1 is 1.69 bits per heavy atom. The van der Waals surface area contributed by atoms with Crippen LogP contribution in [0.3, 0.4) is 0 Å². The van der Waals surface area contributed by atoms with Crippen molar-refractivity contribution >= 4 is 5.97 Å². The van der Waals surface area contributed by atoms with E-state index in [9.17, 15) is 4.79 Å². The zero-order valence-corrected chi connectivity index (χ0v) is 9.32. The van der Waals surface area contributed by atoms with E-state index in [0.29, 0.717) is 6.42 Å². The van der Waals surface area contributed by atoms with Crippen molar-refractivity contribution < 1.29 is 13.9 Å². The second kappa shape index (κ2) is 4.01. The van der Waals surface area contributed by atoms with Gasteiger partial charge in [-0.25, -0.2) is 4.79 Å². The van der Waals surface area contributed by atoms with Gasteiger partial charge in [0.05, 0.1) is 19.1 Å². The highest BCUT2D eigenvalue weighted by Gasteiger charge is 2.29. The lowest BCUT2D eigenvalue weighted by atomic mass is 9.82. The predicted molar refractivity (Wildman–Crippen MR) is 55.9 cm³/mol. The lowest BCUT2D eigenvalue weighted by Crippen LogP contribution is -2.13. The van der Waals surface area contributed by atoms with Gasteiger partial charge in [0.15, 0.2) is 0 Å². The monoisotopic (exact) mass is 219 g/mol. The van der Waals surface area contributed by atoms with E-state index in [2.05, 4.69) is 10.8 Å². The fourth-order valence-corrected chi connectivity index (χ4v) is 2.18. The van der Waals surface area contributed by atoms with Crippen LogP contribution in [-0.2, 0) is 11.2 Å². The molecule has 0 bridgehead atoms. The van der Waals surface area contributed by atoms with E-state index in [1.807, 2.05) is 6.92 Å². The Hall–Kier alpha value is -1.76. The first-order valence-corrected chi connectivity index (χ1v) is 5.26. The van der Waals surface area contributed by atoms with Crippen molar-refractivity contribution in [2.75, 3.05) is 7.11 Å². The van der Waals surface area contributed by atoms with Crippen LogP contribution in [-0.4, -0.2) is 13.1 Å². The minimum Gasteiger partial charge on any atom is -0.463 e. The third kappa shape index (κ3) is 1.69. The van der Waals surface area contributed by atoms with Crippen molar-refractivity contribution in [2.45, 2.75) is 25.7 Å². The van der Waals surface area contributed by atoms with E-state index in [1.54, 1.807) is 6.07 Å². The van der Waals surface area contributed by atoms with Crippen LogP contribution >= 0.6 is 0 Å². The number of hydrogen-bond donors (Lipinski definition) is 0. The third-order valence-electron chi connectivity index (χ3n) is 3.01. The molecular formula is C12H13NO3. The van der Waals surface area contributed by atoms with Gasteiger partial charge in [0.25, 0.3) is 0 Å². The highest BCUT2D eigenvalue weighted by molar-refractivity contribution is 5.86. The van der Waals surface area contributed by atoms with Gasteiger partial charge in [-0.05, 0) is 24.0 Å². The summed E-state index contributed by atoms with van der Waals surface area (Å²) in [6, 6.07) is 3.99. The number of fused-ring (bicyclic) bond motifs is 1. The normalized spacial score (nSPS) is 23.3. The maximum Gasteiger partial charge on any atom is 0.373 e. The molecule has 0 spiro atoms. The maximum atomic E-state index is 11.3. The van der Waals surface area contributed by atoms with E-state index in [4.69, 9.17) is 9.68 Å². The molecule has 16 heavy (non-hydrogen) atoms. The van der Waals surface area contributed by atoms with Gasteiger partial charge >= 0.3 is 5.97 Å². The van der Waals surface area contributed by atoms with Crippen molar-refractivity contribution in [1.29, 1.82) is 5.26 Å². The Morgan fingerprint density at radius 2 is 2.44 bits per heavy atom. The van der Waals surface area contributed by atoms with E-state index in [1.165, 1.54) is 7.11 Å². The average molecular weight is 219 g/mol. The number of hydrogen-bond acceptors (Lipinski definition) is 4. The van der Waals surface area contributed by atoms with Gasteiger partial charge in [0.1, 0.15) is 5.76 Å². The molecule has 0 aliphatic heterocycles. The summed E-state index contributed by atoms with van der Waals surface area (Å²) in [4.78, 5) is 11.3. The van der Waals surface area contributed by atoms with Crippen LogP contribution in [0.1, 0.15) is 41.1 Å². The summed E-state index contributed by atoms with van der Waals surface area (Å²) in [7, 11) is 1.32. The van der Waals surface area contributed by atoms with E-state index in [0.717, 1.165) is 17.7 Å². The van der Waals surface area contributed by atoms with Gasteiger partial charge in [-0.1, -0.05) is 6.92 Å². The summed E-state index contributed by atoms with van der Waals surface area (Å²) in [5.74, 6) is 0.772. The molecule has 0 N–H and O–H groups in total. The second-order valence-electron chi connectivity index (χ2n) is 4.15. The second-order valence-corrected chi connectivity index (χ2v) is 4.15. The fraction of sp³-hybridized carbons (Fsp3) is 0.500. The van der Waals surface area contributed by atoms with Gasteiger partial charge < -0.3 is 9.15 Å². The largest absolute Gasteiger partial charge is 0.463 e. The Balaban J connectivity index is 2.34. The lowest BCUT2D eigenvalue weighted by Gasteiger charge is -2.20. The molecule has 0 fully saturated rings. The summed E-state index contributed by atoms with van der Waals surface area (Å²) in [6.07, 6.45) is 1.41. The summed E-state index contributed by atoms with van der Waals surface area (Å²) >= 11 is 0. The topological polar surface area (TPSA) is 63.2 Å². The van der Waals surface area contributed by atoms with Crippen LogP contribution < -0.4 is 0 Å². The molecule has 2 unspecified atom stereocenters. The zero-order valence-electron chi connectivity index (χ0n) is 9.32. The predicted octanol–water partition coefficient (Wildman–Crippen LogP) is 2.26. The molecule has 1 aromatic heterocycles. The molecule has 0 radical (unpaired) electrons. The van der Waals surface area contributed by atoms with Crippen LogP contribution in [0.2, 0.25) is 0 Å². The van der Waals surface area contributed by atoms with Crippen LogP contribution in [0.4, 0.5) is 0 Å². The van der Waals surface area contributed by atoms with Gasteiger partial charge in [-0.2, -0.15) is 5.26 Å². The molecule has 4 nitrogen and oxygen atoms in total. The number of carbonyl (C=O) groups is 1. The molecule has 1 aliphatic rings. The molecule has 4 heteroatoms. The van der Waals surface area contributed by atoms with Gasteiger partial charge in [-0.3, -0.25) is 0 Å². The zero-order chi connectivity index (χ0) is 11.7. The molecule has 0 saturated carbocycles. The molecule has 1 aromatic rings. The smallest absolute Gasteiger partial charge is 0.373 e. The van der Waals surface area contributed by atoms with Crippen LogP contribution in [0, 0.1) is 17.2 Å². The number of methoxy groups -OCH3 is 1. The molecule has 0 aromatic carbocycles. The molecule has 2 rings (SSSR count). The average Bonchev–Trinajstić information content (AvgIpc) is 2.72. The number of esters is 1. The molecule has 1 heterocycles. The van der Waals surface area contributed by atoms with Gasteiger partial charge in [-0.15, -0.1) is 0 Å². The number of nitriles is 1. The number of carbonyl (C=O) groups excluding carboxylic acids is 1. The summed E-state index contributed by atoms with van der Waals surface area (Å²) in [5.41, 5.74) is 1.03. The Bertz CT molecular complexity index is 455. The van der Waals surface area contributed by atoms with E-state index < -0.39 is 5.97 Å². The van der Waals surface area contributed by atoms with Crippen molar-refractivity contribution in [2.24, 2.45) is 5.92 Å². The SMILES string of the molecule is COC(=O)c1cc2c(o1)CC(C#N)CC2C. The molecule has 1 aliphatic carbocycles.